The van der Waals surface area contributed by atoms with Crippen LogP contribution in [0.1, 0.15) is 40.0 Å². The van der Waals surface area contributed by atoms with Crippen molar-refractivity contribution < 1.29 is 4.79 Å². The first-order valence-electron chi connectivity index (χ1n) is 5.13. The number of nitrogens with one attached hydrogen (secondary N) is 1. The first-order valence-corrected chi connectivity index (χ1v) is 5.13. The summed E-state index contributed by atoms with van der Waals surface area (Å²) in [5.41, 5.74) is 0. The second-order valence-electron chi connectivity index (χ2n) is 2.83. The Hall–Kier alpha value is -0.730. The first kappa shape index (κ1) is 14.8. The molecule has 3 nitrogen and oxygen atoms in total. The Morgan fingerprint density at radius 2 is 1.77 bits per heavy atom. The lowest BCUT2D eigenvalue weighted by Gasteiger charge is -2.11. The van der Waals surface area contributed by atoms with Crippen molar-refractivity contribution in [2.45, 2.75) is 40.0 Å². The molecule has 0 aromatic carbocycles. The van der Waals surface area contributed by atoms with E-state index < -0.39 is 0 Å². The third-order valence-electron chi connectivity index (χ3n) is 1.46. The number of hydrogen-bond acceptors (Lipinski definition) is 1. The highest BCUT2D eigenvalue weighted by molar-refractivity contribution is 5.73. The minimum atomic E-state index is 0.00102. The molecular formula is C10H24N2O. The number of unbranched alkanes of at least 4 members (excludes halogenated alkanes) is 2. The van der Waals surface area contributed by atoms with Crippen LogP contribution in [0.4, 0.5) is 4.79 Å². The molecule has 80 valence electrons. The van der Waals surface area contributed by atoms with Gasteiger partial charge in [0, 0.05) is 20.6 Å². The molecule has 0 saturated carbocycles. The topological polar surface area (TPSA) is 32.3 Å². The summed E-state index contributed by atoms with van der Waals surface area (Å²) >= 11 is 0. The monoisotopic (exact) mass is 188 g/mol. The zero-order valence-corrected chi connectivity index (χ0v) is 9.68. The van der Waals surface area contributed by atoms with Gasteiger partial charge >= 0.3 is 6.03 Å². The Kier molecular flexibility index (Phi) is 12.8. The molecule has 0 unspecified atom stereocenters. The van der Waals surface area contributed by atoms with Gasteiger partial charge in [0.15, 0.2) is 0 Å². The predicted octanol–water partition coefficient (Wildman–Crippen LogP) is 2.47. The molecular weight excluding hydrogens is 164 g/mol. The van der Waals surface area contributed by atoms with Crippen molar-refractivity contribution in [1.29, 1.82) is 0 Å². The molecule has 0 aromatic heterocycles. The van der Waals surface area contributed by atoms with Crippen molar-refractivity contribution in [1.82, 2.24) is 10.2 Å². The summed E-state index contributed by atoms with van der Waals surface area (Å²) in [7, 11) is 3.49. The molecule has 1 N–H and O–H groups in total. The molecule has 0 heterocycles. The highest BCUT2D eigenvalue weighted by Gasteiger charge is 1.99. The summed E-state index contributed by atoms with van der Waals surface area (Å²) in [6, 6.07) is 0.00102. The van der Waals surface area contributed by atoms with Gasteiger partial charge in [-0.1, -0.05) is 33.6 Å². The van der Waals surface area contributed by atoms with E-state index >= 15 is 0 Å². The maximum Gasteiger partial charge on any atom is 0.316 e. The quantitative estimate of drug-likeness (QED) is 0.675. The predicted molar refractivity (Wildman–Crippen MR) is 58.0 cm³/mol. The van der Waals surface area contributed by atoms with E-state index in [4.69, 9.17) is 0 Å². The van der Waals surface area contributed by atoms with Gasteiger partial charge in [-0.25, -0.2) is 4.79 Å². The highest BCUT2D eigenvalue weighted by Crippen LogP contribution is 1.91. The van der Waals surface area contributed by atoms with Crippen LogP contribution in [0.25, 0.3) is 0 Å². The average molecular weight is 188 g/mol. The molecule has 0 aliphatic rings. The number of amides is 2. The van der Waals surface area contributed by atoms with Crippen molar-refractivity contribution >= 4 is 6.03 Å². The fourth-order valence-electron chi connectivity index (χ4n) is 0.728. The van der Waals surface area contributed by atoms with Gasteiger partial charge in [-0.2, -0.15) is 0 Å². The molecule has 3 heteroatoms. The van der Waals surface area contributed by atoms with Crippen LogP contribution < -0.4 is 5.32 Å². The summed E-state index contributed by atoms with van der Waals surface area (Å²) < 4.78 is 0. The Bertz CT molecular complexity index is 113. The van der Waals surface area contributed by atoms with E-state index in [1.54, 1.807) is 19.0 Å². The lowest BCUT2D eigenvalue weighted by molar-refractivity contribution is 0.217. The molecule has 2 amide bonds. The fourth-order valence-corrected chi connectivity index (χ4v) is 0.728. The SMILES string of the molecule is CC.CCCCCNC(=O)N(C)C. The van der Waals surface area contributed by atoms with E-state index in [0.717, 1.165) is 13.0 Å². The summed E-state index contributed by atoms with van der Waals surface area (Å²) in [6.07, 6.45) is 3.46. The van der Waals surface area contributed by atoms with Gasteiger partial charge in [0.25, 0.3) is 0 Å². The maximum atomic E-state index is 10.9. The zero-order chi connectivity index (χ0) is 10.7. The van der Waals surface area contributed by atoms with E-state index in [1.807, 2.05) is 13.8 Å². The van der Waals surface area contributed by atoms with Gasteiger partial charge < -0.3 is 10.2 Å². The van der Waals surface area contributed by atoms with Crippen LogP contribution in [0.2, 0.25) is 0 Å². The lowest BCUT2D eigenvalue weighted by atomic mass is 10.2. The van der Waals surface area contributed by atoms with Crippen LogP contribution in [0.15, 0.2) is 0 Å². The van der Waals surface area contributed by atoms with Crippen LogP contribution in [0.5, 0.6) is 0 Å². The molecule has 0 aliphatic heterocycles. The van der Waals surface area contributed by atoms with Crippen molar-refractivity contribution in [2.24, 2.45) is 0 Å². The Morgan fingerprint density at radius 3 is 2.15 bits per heavy atom. The molecule has 0 fully saturated rings. The minimum Gasteiger partial charge on any atom is -0.338 e. The standard InChI is InChI=1S/C8H18N2O.C2H6/c1-4-5-6-7-9-8(11)10(2)3;1-2/h4-7H2,1-3H3,(H,9,11);1-2H3. The molecule has 0 aromatic rings. The van der Waals surface area contributed by atoms with Crippen LogP contribution in [-0.2, 0) is 0 Å². The van der Waals surface area contributed by atoms with E-state index in [1.165, 1.54) is 12.8 Å². The van der Waals surface area contributed by atoms with E-state index in [-0.39, 0.29) is 6.03 Å². The number of urea groups is 1. The second kappa shape index (κ2) is 11.3. The number of carbonyl (C=O) groups is 1. The third kappa shape index (κ3) is 11.3. The van der Waals surface area contributed by atoms with Crippen LogP contribution in [-0.4, -0.2) is 31.6 Å². The normalized spacial score (nSPS) is 8.38. The summed E-state index contributed by atoms with van der Waals surface area (Å²) in [5, 5.41) is 2.80. The Morgan fingerprint density at radius 1 is 1.23 bits per heavy atom. The van der Waals surface area contributed by atoms with Crippen molar-refractivity contribution in [3.63, 3.8) is 0 Å². The first-order chi connectivity index (χ1) is 6.18. The summed E-state index contributed by atoms with van der Waals surface area (Å²) in [5.74, 6) is 0. The molecule has 0 radical (unpaired) electrons. The second-order valence-corrected chi connectivity index (χ2v) is 2.83. The van der Waals surface area contributed by atoms with Crippen LogP contribution in [0.3, 0.4) is 0 Å². The lowest BCUT2D eigenvalue weighted by Crippen LogP contribution is -2.34. The third-order valence-corrected chi connectivity index (χ3v) is 1.46. The van der Waals surface area contributed by atoms with E-state index in [0.29, 0.717) is 0 Å². The van der Waals surface area contributed by atoms with Crippen molar-refractivity contribution in [3.8, 4) is 0 Å². The molecule has 0 saturated heterocycles. The van der Waals surface area contributed by atoms with Gasteiger partial charge in [0.05, 0.1) is 0 Å². The van der Waals surface area contributed by atoms with Gasteiger partial charge in [-0.15, -0.1) is 0 Å². The molecule has 13 heavy (non-hydrogen) atoms. The molecule has 0 aliphatic carbocycles. The smallest absolute Gasteiger partial charge is 0.316 e. The fraction of sp³-hybridized carbons (Fsp3) is 0.900. The molecule has 0 rings (SSSR count). The zero-order valence-electron chi connectivity index (χ0n) is 9.68. The summed E-state index contributed by atoms with van der Waals surface area (Å²) in [6.45, 7) is 6.94. The van der Waals surface area contributed by atoms with E-state index in [9.17, 15) is 4.79 Å². The number of hydrogen-bond donors (Lipinski definition) is 1. The Labute approximate surface area is 82.5 Å². The number of nitrogens with zero attached hydrogens (tertiary/aromatic N) is 1. The number of rotatable bonds is 4. The maximum absolute atomic E-state index is 10.9. The van der Waals surface area contributed by atoms with Crippen LogP contribution in [0, 0.1) is 0 Å². The van der Waals surface area contributed by atoms with E-state index in [2.05, 4.69) is 12.2 Å². The van der Waals surface area contributed by atoms with Crippen LogP contribution >= 0.6 is 0 Å². The van der Waals surface area contributed by atoms with Gasteiger partial charge in [-0.05, 0) is 6.42 Å². The summed E-state index contributed by atoms with van der Waals surface area (Å²) in [4.78, 5) is 12.5. The van der Waals surface area contributed by atoms with Gasteiger partial charge in [0.1, 0.15) is 0 Å². The van der Waals surface area contributed by atoms with Gasteiger partial charge in [-0.3, -0.25) is 0 Å². The highest BCUT2D eigenvalue weighted by atomic mass is 16.2. The van der Waals surface area contributed by atoms with Crippen molar-refractivity contribution in [3.05, 3.63) is 0 Å². The minimum absolute atomic E-state index is 0.00102. The molecule has 0 spiro atoms. The average Bonchev–Trinajstić information content (AvgIpc) is 2.15. The van der Waals surface area contributed by atoms with Gasteiger partial charge in [0.2, 0.25) is 0 Å². The molecule has 0 atom stereocenters. The Balaban J connectivity index is 0. The number of carbonyl (C=O) groups excluding carboxylic acids is 1. The van der Waals surface area contributed by atoms with Crippen molar-refractivity contribution in [2.75, 3.05) is 20.6 Å². The molecule has 0 bridgehead atoms. The largest absolute Gasteiger partial charge is 0.338 e.